The minimum absolute atomic E-state index is 0.496. The molecule has 0 aliphatic rings. The summed E-state index contributed by atoms with van der Waals surface area (Å²) in [5.41, 5.74) is 0. The van der Waals surface area contributed by atoms with Crippen molar-refractivity contribution in [3.05, 3.63) is 0 Å². The molecule has 0 heterocycles. The van der Waals surface area contributed by atoms with Gasteiger partial charge in [-0.1, -0.05) is 97.3 Å². The Kier molecular flexibility index (Phi) is 18.2. The highest BCUT2D eigenvalue weighted by Gasteiger charge is 2.09. The minimum atomic E-state index is 0.496. The third-order valence-corrected chi connectivity index (χ3v) is 5.41. The summed E-state index contributed by atoms with van der Waals surface area (Å²) >= 11 is 0. The van der Waals surface area contributed by atoms with Crippen molar-refractivity contribution in [3.63, 3.8) is 0 Å². The second-order valence-corrected chi connectivity index (χ2v) is 9.30. The van der Waals surface area contributed by atoms with Crippen LogP contribution in [0.4, 0.5) is 0 Å². The fourth-order valence-corrected chi connectivity index (χ4v) is 3.58. The number of hydrogen-bond acceptors (Lipinski definition) is 1. The first-order valence-corrected chi connectivity index (χ1v) is 11.9. The van der Waals surface area contributed by atoms with Crippen molar-refractivity contribution in [1.29, 1.82) is 0 Å². The predicted molar refractivity (Wildman–Crippen MR) is 118 cm³/mol. The van der Waals surface area contributed by atoms with E-state index in [1.807, 2.05) is 0 Å². The second kappa shape index (κ2) is 18.3. The van der Waals surface area contributed by atoms with Gasteiger partial charge in [0.25, 0.3) is 0 Å². The van der Waals surface area contributed by atoms with Gasteiger partial charge in [0.15, 0.2) is 0 Å². The first-order valence-electron chi connectivity index (χ1n) is 11.9. The molecule has 0 aliphatic carbocycles. The highest BCUT2D eigenvalue weighted by Crippen LogP contribution is 2.15. The van der Waals surface area contributed by atoms with Crippen LogP contribution < -0.4 is 0 Å². The summed E-state index contributed by atoms with van der Waals surface area (Å²) in [6, 6.07) is 0. The van der Waals surface area contributed by atoms with Crippen molar-refractivity contribution in [2.75, 3.05) is 34.3 Å². The summed E-state index contributed by atoms with van der Waals surface area (Å²) in [4.78, 5) is 0. The molecule has 0 rings (SSSR count). The van der Waals surface area contributed by atoms with E-state index in [-0.39, 0.29) is 0 Å². The zero-order valence-corrected chi connectivity index (χ0v) is 19.2. The van der Waals surface area contributed by atoms with E-state index in [1.165, 1.54) is 109 Å². The Balaban J connectivity index is 3.31. The third-order valence-electron chi connectivity index (χ3n) is 5.41. The molecule has 0 amide bonds. The molecule has 0 saturated carbocycles. The van der Waals surface area contributed by atoms with Crippen LogP contribution in [0.15, 0.2) is 0 Å². The summed E-state index contributed by atoms with van der Waals surface area (Å²) in [5, 5.41) is 0. The number of quaternary nitrogens is 1. The van der Waals surface area contributed by atoms with Crippen LogP contribution in [0.1, 0.15) is 117 Å². The zero-order chi connectivity index (χ0) is 19.5. The SMILES string of the molecule is CCCCCCCCCCCCCCCC(CC)OCCC[N+](C)(C)C. The largest absolute Gasteiger partial charge is 0.378 e. The van der Waals surface area contributed by atoms with Gasteiger partial charge in [0.1, 0.15) is 0 Å². The highest BCUT2D eigenvalue weighted by molar-refractivity contribution is 4.57. The van der Waals surface area contributed by atoms with E-state index in [2.05, 4.69) is 35.0 Å². The summed E-state index contributed by atoms with van der Waals surface area (Å²) < 4.78 is 7.12. The molecule has 26 heavy (non-hydrogen) atoms. The van der Waals surface area contributed by atoms with Gasteiger partial charge in [-0.05, 0) is 12.8 Å². The number of rotatable bonds is 20. The van der Waals surface area contributed by atoms with Gasteiger partial charge in [0, 0.05) is 6.42 Å². The van der Waals surface area contributed by atoms with Gasteiger partial charge in [-0.3, -0.25) is 0 Å². The van der Waals surface area contributed by atoms with Gasteiger partial charge in [-0.15, -0.1) is 0 Å². The first kappa shape index (κ1) is 25.9. The van der Waals surface area contributed by atoms with Crippen molar-refractivity contribution in [3.8, 4) is 0 Å². The standard InChI is InChI=1S/C24H52NO/c1-6-8-9-10-11-12-13-14-15-16-17-18-19-21-24(7-2)26-23-20-22-25(3,4)5/h24H,6-23H2,1-5H3/q+1. The van der Waals surface area contributed by atoms with E-state index in [9.17, 15) is 0 Å². The first-order chi connectivity index (χ1) is 12.5. The molecule has 0 bridgehead atoms. The third kappa shape index (κ3) is 20.2. The molecule has 1 unspecified atom stereocenters. The summed E-state index contributed by atoms with van der Waals surface area (Å²) in [7, 11) is 6.76. The lowest BCUT2D eigenvalue weighted by Crippen LogP contribution is -2.36. The molecule has 0 aromatic rings. The van der Waals surface area contributed by atoms with Crippen LogP contribution in [0.5, 0.6) is 0 Å². The van der Waals surface area contributed by atoms with Gasteiger partial charge >= 0.3 is 0 Å². The minimum Gasteiger partial charge on any atom is -0.378 e. The number of unbranched alkanes of at least 4 members (excludes halogenated alkanes) is 12. The fourth-order valence-electron chi connectivity index (χ4n) is 3.58. The van der Waals surface area contributed by atoms with Crippen LogP contribution in [0.25, 0.3) is 0 Å². The average Bonchev–Trinajstić information content (AvgIpc) is 2.59. The summed E-state index contributed by atoms with van der Waals surface area (Å²) in [6.45, 7) is 6.71. The van der Waals surface area contributed by atoms with E-state index in [4.69, 9.17) is 4.74 Å². The molecule has 0 aromatic carbocycles. The quantitative estimate of drug-likeness (QED) is 0.161. The Morgan fingerprint density at radius 3 is 1.50 bits per heavy atom. The molecule has 1 atom stereocenters. The smallest absolute Gasteiger partial charge is 0.0802 e. The molecule has 0 spiro atoms. The molecule has 2 heteroatoms. The van der Waals surface area contributed by atoms with E-state index < -0.39 is 0 Å². The molecular weight excluding hydrogens is 318 g/mol. The zero-order valence-electron chi connectivity index (χ0n) is 19.2. The molecule has 0 saturated heterocycles. The van der Waals surface area contributed by atoms with Crippen LogP contribution in [0.2, 0.25) is 0 Å². The van der Waals surface area contributed by atoms with Gasteiger partial charge in [0.2, 0.25) is 0 Å². The maximum Gasteiger partial charge on any atom is 0.0802 e. The molecule has 158 valence electrons. The Labute approximate surface area is 166 Å². The summed E-state index contributed by atoms with van der Waals surface area (Å²) in [6.07, 6.45) is 22.7. The Bertz CT molecular complexity index is 272. The van der Waals surface area contributed by atoms with Crippen LogP contribution in [0.3, 0.4) is 0 Å². The van der Waals surface area contributed by atoms with Gasteiger partial charge < -0.3 is 9.22 Å². The predicted octanol–water partition coefficient (Wildman–Crippen LogP) is 7.36. The van der Waals surface area contributed by atoms with Crippen molar-refractivity contribution >= 4 is 0 Å². The maximum atomic E-state index is 6.08. The molecule has 0 fully saturated rings. The number of nitrogens with zero attached hydrogens (tertiary/aromatic N) is 1. The average molecular weight is 371 g/mol. The fraction of sp³-hybridized carbons (Fsp3) is 1.00. The van der Waals surface area contributed by atoms with E-state index in [1.54, 1.807) is 0 Å². The van der Waals surface area contributed by atoms with Crippen molar-refractivity contribution in [1.82, 2.24) is 0 Å². The monoisotopic (exact) mass is 370 g/mol. The molecule has 0 aromatic heterocycles. The molecular formula is C24H52NO+. The van der Waals surface area contributed by atoms with Crippen molar-refractivity contribution in [2.24, 2.45) is 0 Å². The van der Waals surface area contributed by atoms with Crippen LogP contribution in [-0.2, 0) is 4.74 Å². The highest BCUT2D eigenvalue weighted by atomic mass is 16.5. The Hall–Kier alpha value is -0.0800. The summed E-state index contributed by atoms with van der Waals surface area (Å²) in [5.74, 6) is 0. The van der Waals surface area contributed by atoms with Crippen LogP contribution >= 0.6 is 0 Å². The van der Waals surface area contributed by atoms with E-state index >= 15 is 0 Å². The molecule has 0 radical (unpaired) electrons. The lowest BCUT2D eigenvalue weighted by atomic mass is 10.0. The molecule has 0 aliphatic heterocycles. The number of hydrogen-bond donors (Lipinski definition) is 0. The van der Waals surface area contributed by atoms with Crippen LogP contribution in [-0.4, -0.2) is 44.9 Å². The van der Waals surface area contributed by atoms with E-state index in [0.717, 1.165) is 11.1 Å². The van der Waals surface area contributed by atoms with Crippen LogP contribution in [0, 0.1) is 0 Å². The molecule has 2 nitrogen and oxygen atoms in total. The second-order valence-electron chi connectivity index (χ2n) is 9.30. The lowest BCUT2D eigenvalue weighted by molar-refractivity contribution is -0.870. The lowest BCUT2D eigenvalue weighted by Gasteiger charge is -2.24. The van der Waals surface area contributed by atoms with Crippen molar-refractivity contribution in [2.45, 2.75) is 123 Å². The van der Waals surface area contributed by atoms with Crippen molar-refractivity contribution < 1.29 is 9.22 Å². The van der Waals surface area contributed by atoms with Gasteiger partial charge in [-0.2, -0.15) is 0 Å². The van der Waals surface area contributed by atoms with Gasteiger partial charge in [0.05, 0.1) is 40.4 Å². The normalized spacial score (nSPS) is 13.3. The molecule has 0 N–H and O–H groups in total. The Morgan fingerprint density at radius 2 is 1.08 bits per heavy atom. The Morgan fingerprint density at radius 1 is 0.615 bits per heavy atom. The maximum absolute atomic E-state index is 6.08. The van der Waals surface area contributed by atoms with Gasteiger partial charge in [-0.25, -0.2) is 0 Å². The topological polar surface area (TPSA) is 9.23 Å². The number of ether oxygens (including phenoxy) is 1. The van der Waals surface area contributed by atoms with E-state index in [0.29, 0.717) is 6.10 Å².